The summed E-state index contributed by atoms with van der Waals surface area (Å²) >= 11 is 0. The number of amides is 2. The number of nitrogens with zero attached hydrogens (tertiary/aromatic N) is 1. The summed E-state index contributed by atoms with van der Waals surface area (Å²) in [5, 5.41) is 5.62. The van der Waals surface area contributed by atoms with Crippen molar-refractivity contribution >= 4 is 33.2 Å². The summed E-state index contributed by atoms with van der Waals surface area (Å²) < 4.78 is 33.1. The van der Waals surface area contributed by atoms with Crippen molar-refractivity contribution in [3.05, 3.63) is 77.2 Å². The highest BCUT2D eigenvalue weighted by Gasteiger charge is 2.33. The number of sulfonamides is 1. The molecule has 0 saturated carbocycles. The number of furan rings is 1. The standard InChI is InChI=1S/C26H29N3O5S/c1-17-15-18(2)24(19(3)16-17)35(32,33)29-12-10-20(11-13-29)25(30)27-21-6-8-22(9-7-21)28-26(31)23-5-4-14-34-23/h4-9,14-16,20H,10-13H2,1-3H3,(H,27,30)(H,28,31). The Labute approximate surface area is 205 Å². The van der Waals surface area contributed by atoms with Gasteiger partial charge in [0.1, 0.15) is 0 Å². The van der Waals surface area contributed by atoms with Gasteiger partial charge in [-0.2, -0.15) is 4.31 Å². The molecule has 1 saturated heterocycles. The van der Waals surface area contributed by atoms with E-state index in [4.69, 9.17) is 4.42 Å². The highest BCUT2D eigenvalue weighted by atomic mass is 32.2. The molecule has 2 heterocycles. The Bertz CT molecular complexity index is 1300. The van der Waals surface area contributed by atoms with E-state index in [9.17, 15) is 18.0 Å². The van der Waals surface area contributed by atoms with Crippen LogP contribution in [0.25, 0.3) is 0 Å². The molecule has 184 valence electrons. The number of hydrogen-bond acceptors (Lipinski definition) is 5. The van der Waals surface area contributed by atoms with Crippen molar-refractivity contribution in [1.82, 2.24) is 4.31 Å². The topological polar surface area (TPSA) is 109 Å². The molecule has 2 amide bonds. The van der Waals surface area contributed by atoms with Crippen LogP contribution in [0.1, 0.15) is 40.1 Å². The van der Waals surface area contributed by atoms with Gasteiger partial charge in [0.2, 0.25) is 15.9 Å². The number of benzene rings is 2. The van der Waals surface area contributed by atoms with Crippen LogP contribution in [-0.4, -0.2) is 37.6 Å². The van der Waals surface area contributed by atoms with Gasteiger partial charge in [-0.15, -0.1) is 0 Å². The van der Waals surface area contributed by atoms with Crippen LogP contribution in [0.5, 0.6) is 0 Å². The van der Waals surface area contributed by atoms with E-state index < -0.39 is 10.0 Å². The van der Waals surface area contributed by atoms with E-state index >= 15 is 0 Å². The van der Waals surface area contributed by atoms with Crippen molar-refractivity contribution in [3.8, 4) is 0 Å². The van der Waals surface area contributed by atoms with Gasteiger partial charge < -0.3 is 15.1 Å². The summed E-state index contributed by atoms with van der Waals surface area (Å²) in [5.74, 6) is -0.565. The molecule has 0 bridgehead atoms. The minimum atomic E-state index is -3.62. The van der Waals surface area contributed by atoms with Gasteiger partial charge >= 0.3 is 0 Å². The number of hydrogen-bond donors (Lipinski definition) is 2. The third-order valence-electron chi connectivity index (χ3n) is 6.18. The van der Waals surface area contributed by atoms with Crippen molar-refractivity contribution in [1.29, 1.82) is 0 Å². The first kappa shape index (κ1) is 24.7. The quantitative estimate of drug-likeness (QED) is 0.524. The molecule has 9 heteroatoms. The number of carbonyl (C=O) groups excluding carboxylic acids is 2. The zero-order valence-electron chi connectivity index (χ0n) is 20.0. The number of piperidine rings is 1. The smallest absolute Gasteiger partial charge is 0.291 e. The molecule has 1 fully saturated rings. The third-order valence-corrected chi connectivity index (χ3v) is 8.39. The third kappa shape index (κ3) is 5.47. The zero-order valence-corrected chi connectivity index (χ0v) is 20.8. The van der Waals surface area contributed by atoms with E-state index in [-0.39, 0.29) is 23.5 Å². The molecule has 0 aliphatic carbocycles. The summed E-state index contributed by atoms with van der Waals surface area (Å²) in [6.45, 7) is 6.18. The molecule has 0 atom stereocenters. The zero-order chi connectivity index (χ0) is 25.2. The number of aryl methyl sites for hydroxylation is 3. The van der Waals surface area contributed by atoms with E-state index in [0.29, 0.717) is 42.2 Å². The van der Waals surface area contributed by atoms with Crippen LogP contribution in [-0.2, 0) is 14.8 Å². The summed E-state index contributed by atoms with van der Waals surface area (Å²) in [4.78, 5) is 25.2. The summed E-state index contributed by atoms with van der Waals surface area (Å²) in [7, 11) is -3.62. The fourth-order valence-corrected chi connectivity index (χ4v) is 6.42. The van der Waals surface area contributed by atoms with Gasteiger partial charge in [0.15, 0.2) is 5.76 Å². The molecule has 3 aromatic rings. The average molecular weight is 496 g/mol. The second-order valence-corrected chi connectivity index (χ2v) is 10.8. The molecule has 2 aromatic carbocycles. The van der Waals surface area contributed by atoms with Crippen LogP contribution in [0.4, 0.5) is 11.4 Å². The SMILES string of the molecule is Cc1cc(C)c(S(=O)(=O)N2CCC(C(=O)Nc3ccc(NC(=O)c4ccco4)cc3)CC2)c(C)c1. The van der Waals surface area contributed by atoms with E-state index in [1.54, 1.807) is 36.4 Å². The Morgan fingerprint density at radius 1 is 0.914 bits per heavy atom. The van der Waals surface area contributed by atoms with E-state index in [1.165, 1.54) is 10.6 Å². The van der Waals surface area contributed by atoms with Crippen LogP contribution in [0.3, 0.4) is 0 Å². The van der Waals surface area contributed by atoms with Crippen molar-refractivity contribution in [2.75, 3.05) is 23.7 Å². The predicted molar refractivity (Wildman–Crippen MR) is 134 cm³/mol. The highest BCUT2D eigenvalue weighted by Crippen LogP contribution is 2.29. The van der Waals surface area contributed by atoms with E-state index in [0.717, 1.165) is 16.7 Å². The van der Waals surface area contributed by atoms with Gasteiger partial charge in [-0.3, -0.25) is 9.59 Å². The van der Waals surface area contributed by atoms with Crippen LogP contribution < -0.4 is 10.6 Å². The molecule has 1 aliphatic rings. The maximum Gasteiger partial charge on any atom is 0.291 e. The lowest BCUT2D eigenvalue weighted by atomic mass is 9.97. The lowest BCUT2D eigenvalue weighted by Crippen LogP contribution is -2.41. The molecule has 35 heavy (non-hydrogen) atoms. The summed E-state index contributed by atoms with van der Waals surface area (Å²) in [5.41, 5.74) is 3.69. The van der Waals surface area contributed by atoms with Gasteiger partial charge in [0, 0.05) is 30.4 Å². The predicted octanol–water partition coefficient (Wildman–Crippen LogP) is 4.50. The van der Waals surface area contributed by atoms with Gasteiger partial charge in [0.05, 0.1) is 11.2 Å². The minimum Gasteiger partial charge on any atom is -0.459 e. The Morgan fingerprint density at radius 3 is 2.03 bits per heavy atom. The second kappa shape index (κ2) is 10.1. The number of carbonyl (C=O) groups is 2. The van der Waals surface area contributed by atoms with Crippen LogP contribution >= 0.6 is 0 Å². The molecule has 0 radical (unpaired) electrons. The monoisotopic (exact) mass is 495 g/mol. The number of anilines is 2. The number of rotatable bonds is 6. The summed E-state index contributed by atoms with van der Waals surface area (Å²) in [6.07, 6.45) is 2.33. The molecule has 2 N–H and O–H groups in total. The molecular weight excluding hydrogens is 466 g/mol. The van der Waals surface area contributed by atoms with Crippen LogP contribution in [0.15, 0.2) is 64.1 Å². The fraction of sp³-hybridized carbons (Fsp3) is 0.308. The van der Waals surface area contributed by atoms with Gasteiger partial charge in [-0.1, -0.05) is 17.7 Å². The first-order valence-corrected chi connectivity index (χ1v) is 12.9. The Kier molecular flexibility index (Phi) is 7.09. The Hall–Kier alpha value is -3.43. The van der Waals surface area contributed by atoms with Gasteiger partial charge in [-0.05, 0) is 81.1 Å². The maximum absolute atomic E-state index is 13.3. The van der Waals surface area contributed by atoms with Crippen molar-refractivity contribution in [2.24, 2.45) is 5.92 Å². The Balaban J connectivity index is 1.33. The minimum absolute atomic E-state index is 0.142. The van der Waals surface area contributed by atoms with Crippen molar-refractivity contribution in [3.63, 3.8) is 0 Å². The summed E-state index contributed by atoms with van der Waals surface area (Å²) in [6, 6.07) is 13.8. The highest BCUT2D eigenvalue weighted by molar-refractivity contribution is 7.89. The Morgan fingerprint density at radius 2 is 1.49 bits per heavy atom. The molecule has 0 spiro atoms. The average Bonchev–Trinajstić information content (AvgIpc) is 3.35. The lowest BCUT2D eigenvalue weighted by Gasteiger charge is -2.31. The molecule has 8 nitrogen and oxygen atoms in total. The second-order valence-electron chi connectivity index (χ2n) is 8.90. The maximum atomic E-state index is 13.3. The van der Waals surface area contributed by atoms with Crippen LogP contribution in [0.2, 0.25) is 0 Å². The van der Waals surface area contributed by atoms with Crippen LogP contribution in [0, 0.1) is 26.7 Å². The van der Waals surface area contributed by atoms with Crippen molar-refractivity contribution in [2.45, 2.75) is 38.5 Å². The number of nitrogens with one attached hydrogen (secondary N) is 2. The normalized spacial score (nSPS) is 15.1. The fourth-order valence-electron chi connectivity index (χ4n) is 4.54. The molecule has 1 aliphatic heterocycles. The van der Waals surface area contributed by atoms with Gasteiger partial charge in [-0.25, -0.2) is 8.42 Å². The first-order valence-electron chi connectivity index (χ1n) is 11.5. The van der Waals surface area contributed by atoms with Gasteiger partial charge in [0.25, 0.3) is 5.91 Å². The first-order chi connectivity index (χ1) is 16.6. The molecular formula is C26H29N3O5S. The lowest BCUT2D eigenvalue weighted by molar-refractivity contribution is -0.120. The van der Waals surface area contributed by atoms with Crippen molar-refractivity contribution < 1.29 is 22.4 Å². The molecule has 0 unspecified atom stereocenters. The van der Waals surface area contributed by atoms with E-state index in [1.807, 2.05) is 32.9 Å². The molecule has 4 rings (SSSR count). The molecule has 1 aromatic heterocycles. The van der Waals surface area contributed by atoms with E-state index in [2.05, 4.69) is 10.6 Å². The largest absolute Gasteiger partial charge is 0.459 e.